The summed E-state index contributed by atoms with van der Waals surface area (Å²) in [6, 6.07) is 8.98. The zero-order valence-corrected chi connectivity index (χ0v) is 17.4. The molecule has 0 fully saturated rings. The summed E-state index contributed by atoms with van der Waals surface area (Å²) in [6.07, 6.45) is 0. The minimum atomic E-state index is -3.80. The van der Waals surface area contributed by atoms with E-state index >= 15 is 0 Å². The van der Waals surface area contributed by atoms with Gasteiger partial charge in [-0.25, -0.2) is 21.6 Å². The number of hydrogen-bond donors (Lipinski definition) is 2. The number of halogens is 1. The summed E-state index contributed by atoms with van der Waals surface area (Å²) >= 11 is 0. The van der Waals surface area contributed by atoms with E-state index in [1.807, 2.05) is 0 Å². The van der Waals surface area contributed by atoms with Crippen LogP contribution < -0.4 is 10.5 Å². The van der Waals surface area contributed by atoms with Crippen LogP contribution in [0, 0.1) is 20.2 Å². The van der Waals surface area contributed by atoms with Crippen molar-refractivity contribution in [2.24, 2.45) is 5.73 Å². The Bertz CT molecular complexity index is 1040. The van der Waals surface area contributed by atoms with Crippen LogP contribution in [-0.2, 0) is 19.1 Å². The maximum absolute atomic E-state index is 11.2. The van der Waals surface area contributed by atoms with Gasteiger partial charge in [-0.15, -0.1) is 0 Å². The molecular formula is C15H21ClN4O8S2. The van der Waals surface area contributed by atoms with Crippen LogP contribution >= 0.6 is 10.7 Å². The molecule has 0 atom stereocenters. The summed E-state index contributed by atoms with van der Waals surface area (Å²) in [7, 11) is 0.458. The number of non-ortho nitro benzene ring substituents is 2. The number of nitrogens with one attached hydrogen (secondary N) is 1. The van der Waals surface area contributed by atoms with Gasteiger partial charge >= 0.3 is 0 Å². The summed E-state index contributed by atoms with van der Waals surface area (Å²) in [5, 5.41) is 20.5. The molecule has 0 aliphatic rings. The van der Waals surface area contributed by atoms with E-state index in [2.05, 4.69) is 10.5 Å². The van der Waals surface area contributed by atoms with Crippen LogP contribution in [0.25, 0.3) is 0 Å². The molecule has 30 heavy (non-hydrogen) atoms. The van der Waals surface area contributed by atoms with Crippen LogP contribution in [-0.4, -0.2) is 40.8 Å². The highest BCUT2D eigenvalue weighted by atomic mass is 35.7. The van der Waals surface area contributed by atoms with Gasteiger partial charge in [-0.1, -0.05) is 7.43 Å². The molecule has 0 unspecified atom stereocenters. The molecule has 2 aromatic rings. The van der Waals surface area contributed by atoms with Gasteiger partial charge in [0.1, 0.15) is 0 Å². The zero-order valence-electron chi connectivity index (χ0n) is 15.1. The predicted octanol–water partition coefficient (Wildman–Crippen LogP) is 2.24. The van der Waals surface area contributed by atoms with Gasteiger partial charge in [0.25, 0.3) is 20.4 Å². The largest absolute Gasteiger partial charge is 0.333 e. The van der Waals surface area contributed by atoms with Crippen LogP contribution in [0.3, 0.4) is 0 Å². The summed E-state index contributed by atoms with van der Waals surface area (Å²) in [5.74, 6) is 0. The van der Waals surface area contributed by atoms with Gasteiger partial charge in [0.15, 0.2) is 0 Å². The standard InChI is InChI=1S/C7H8N2O4S.C6H4ClNO4S.CH5N.CH4/c1-8-14(12,13)7-4-2-6(3-5-7)9(10)11;7-13(11,12)6-3-1-5(2-4-6)8(9)10;1-2;/h2-5,8H,1H3;1-4H;2H2,1H3;1H4. The number of benzene rings is 2. The zero-order chi connectivity index (χ0) is 22.8. The molecule has 0 bridgehead atoms. The van der Waals surface area contributed by atoms with E-state index in [0.717, 1.165) is 36.4 Å². The Morgan fingerprint density at radius 3 is 1.33 bits per heavy atom. The van der Waals surface area contributed by atoms with Crippen LogP contribution in [0.1, 0.15) is 7.43 Å². The Balaban J connectivity index is 0. The van der Waals surface area contributed by atoms with Gasteiger partial charge in [0.05, 0.1) is 19.6 Å². The number of sulfonamides is 1. The lowest BCUT2D eigenvalue weighted by atomic mass is 10.3. The lowest BCUT2D eigenvalue weighted by molar-refractivity contribution is -0.385. The van der Waals surface area contributed by atoms with Crippen molar-refractivity contribution in [3.8, 4) is 0 Å². The Labute approximate surface area is 178 Å². The molecule has 0 heterocycles. The van der Waals surface area contributed by atoms with Crippen molar-refractivity contribution in [3.05, 3.63) is 68.8 Å². The molecule has 2 rings (SSSR count). The molecule has 3 N–H and O–H groups in total. The number of nitrogens with two attached hydrogens (primary N) is 1. The lowest BCUT2D eigenvalue weighted by Gasteiger charge is -2.00. The molecule has 12 nitrogen and oxygen atoms in total. The second-order valence-electron chi connectivity index (χ2n) is 4.65. The van der Waals surface area contributed by atoms with Gasteiger partial charge in [-0.3, -0.25) is 20.2 Å². The Morgan fingerprint density at radius 2 is 1.10 bits per heavy atom. The van der Waals surface area contributed by atoms with Crippen LogP contribution in [0.15, 0.2) is 58.3 Å². The number of nitrogens with zero attached hydrogens (tertiary/aromatic N) is 2. The molecular weight excluding hydrogens is 464 g/mol. The molecule has 0 spiro atoms. The monoisotopic (exact) mass is 484 g/mol. The van der Waals surface area contributed by atoms with E-state index in [4.69, 9.17) is 10.7 Å². The average molecular weight is 485 g/mol. The highest BCUT2D eigenvalue weighted by molar-refractivity contribution is 8.13. The van der Waals surface area contributed by atoms with Crippen molar-refractivity contribution in [2.45, 2.75) is 17.2 Å². The third kappa shape index (κ3) is 9.23. The van der Waals surface area contributed by atoms with E-state index in [9.17, 15) is 37.1 Å². The summed E-state index contributed by atoms with van der Waals surface area (Å²) in [4.78, 5) is 19.1. The van der Waals surface area contributed by atoms with E-state index < -0.39 is 28.9 Å². The first-order valence-corrected chi connectivity index (χ1v) is 11.1. The normalized spacial score (nSPS) is 10.3. The third-order valence-corrected chi connectivity index (χ3v) is 5.76. The molecule has 0 amide bonds. The third-order valence-electron chi connectivity index (χ3n) is 2.96. The van der Waals surface area contributed by atoms with Gasteiger partial charge in [-0.2, -0.15) is 0 Å². The van der Waals surface area contributed by atoms with Crippen LogP contribution in [0.2, 0.25) is 0 Å². The second-order valence-corrected chi connectivity index (χ2v) is 9.10. The van der Waals surface area contributed by atoms with E-state index in [1.54, 1.807) is 0 Å². The number of rotatable bonds is 5. The fraction of sp³-hybridized carbons (Fsp3) is 0.200. The van der Waals surface area contributed by atoms with E-state index in [0.29, 0.717) is 0 Å². The first-order valence-electron chi connectivity index (χ1n) is 7.33. The Morgan fingerprint density at radius 1 is 0.800 bits per heavy atom. The maximum atomic E-state index is 11.2. The SMILES string of the molecule is C.CN.CNS(=O)(=O)c1ccc([N+](=O)[O-])cc1.O=[N+]([O-])c1ccc(S(=O)(=O)Cl)cc1. The van der Waals surface area contributed by atoms with Crippen molar-refractivity contribution in [3.63, 3.8) is 0 Å². The van der Waals surface area contributed by atoms with Gasteiger partial charge in [0.2, 0.25) is 10.0 Å². The van der Waals surface area contributed by atoms with Crippen molar-refractivity contribution >= 4 is 41.1 Å². The first kappa shape index (κ1) is 29.6. The molecule has 0 radical (unpaired) electrons. The predicted molar refractivity (Wildman–Crippen MR) is 112 cm³/mol. The van der Waals surface area contributed by atoms with Crippen molar-refractivity contribution in [2.75, 3.05) is 14.1 Å². The maximum Gasteiger partial charge on any atom is 0.269 e. The van der Waals surface area contributed by atoms with Crippen molar-refractivity contribution in [1.29, 1.82) is 0 Å². The number of nitro groups is 2. The second kappa shape index (κ2) is 12.8. The summed E-state index contributed by atoms with van der Waals surface area (Å²) < 4.78 is 45.9. The molecule has 0 saturated heterocycles. The smallest absolute Gasteiger partial charge is 0.269 e. The highest BCUT2D eigenvalue weighted by Gasteiger charge is 2.13. The van der Waals surface area contributed by atoms with E-state index in [1.165, 1.54) is 26.2 Å². The molecule has 0 saturated carbocycles. The summed E-state index contributed by atoms with van der Waals surface area (Å²) in [5.41, 5.74) is 4.18. The molecule has 0 aliphatic heterocycles. The van der Waals surface area contributed by atoms with Crippen LogP contribution in [0.5, 0.6) is 0 Å². The minimum Gasteiger partial charge on any atom is -0.333 e. The van der Waals surface area contributed by atoms with Crippen molar-refractivity contribution < 1.29 is 26.7 Å². The number of hydrogen-bond acceptors (Lipinski definition) is 9. The quantitative estimate of drug-likeness (QED) is 0.363. The van der Waals surface area contributed by atoms with Crippen molar-refractivity contribution in [1.82, 2.24) is 4.72 Å². The van der Waals surface area contributed by atoms with Gasteiger partial charge in [-0.05, 0) is 38.4 Å². The van der Waals surface area contributed by atoms with Gasteiger partial charge in [0, 0.05) is 34.9 Å². The lowest BCUT2D eigenvalue weighted by Crippen LogP contribution is -2.18. The molecule has 0 aliphatic carbocycles. The fourth-order valence-corrected chi connectivity index (χ4v) is 3.10. The Hall–Kier alpha value is -2.65. The summed E-state index contributed by atoms with van der Waals surface area (Å²) in [6.45, 7) is 0. The average Bonchev–Trinajstić information content (AvgIpc) is 2.69. The molecule has 15 heteroatoms. The van der Waals surface area contributed by atoms with Gasteiger partial charge < -0.3 is 5.73 Å². The first-order chi connectivity index (χ1) is 13.4. The Kier molecular flexibility index (Phi) is 12.6. The molecule has 168 valence electrons. The molecule has 0 aromatic heterocycles. The van der Waals surface area contributed by atoms with E-state index in [-0.39, 0.29) is 28.6 Å². The number of nitro benzene ring substituents is 2. The molecule has 2 aromatic carbocycles. The minimum absolute atomic E-state index is 0. The van der Waals surface area contributed by atoms with Crippen LogP contribution in [0.4, 0.5) is 11.4 Å². The highest BCUT2D eigenvalue weighted by Crippen LogP contribution is 2.18. The fourth-order valence-electron chi connectivity index (χ4n) is 1.60. The topological polar surface area (TPSA) is 193 Å².